The summed E-state index contributed by atoms with van der Waals surface area (Å²) < 4.78 is 0. The molecule has 2 atom stereocenters. The molecule has 0 amide bonds. The number of allylic oxidation sites excluding steroid dienone is 2. The molecule has 0 aliphatic heterocycles. The first kappa shape index (κ1) is 11.2. The molecule has 0 heterocycles. The fourth-order valence-corrected chi connectivity index (χ4v) is 1.01. The highest BCUT2D eigenvalue weighted by atomic mass is 14.3. The Morgan fingerprint density at radius 2 is 2.00 bits per heavy atom. The lowest BCUT2D eigenvalue weighted by Gasteiger charge is -2.11. The van der Waals surface area contributed by atoms with Crippen LogP contribution >= 0.6 is 0 Å². The van der Waals surface area contributed by atoms with E-state index in [0.29, 0.717) is 5.92 Å². The Bertz CT molecular complexity index is 182. The summed E-state index contributed by atoms with van der Waals surface area (Å²) in [5.74, 6) is 0.709. The number of hydrogen-bond acceptors (Lipinski definition) is 1. The number of nitrogens with zero attached hydrogens (tertiary/aromatic N) is 1. The number of nitriles is 1. The summed E-state index contributed by atoms with van der Waals surface area (Å²) in [6.45, 7) is 8.36. The lowest BCUT2D eigenvalue weighted by atomic mass is 9.92. The van der Waals surface area contributed by atoms with Crippen LogP contribution in [0.25, 0.3) is 0 Å². The van der Waals surface area contributed by atoms with Gasteiger partial charge in [0.05, 0.1) is 6.07 Å². The zero-order valence-corrected chi connectivity index (χ0v) is 8.59. The van der Waals surface area contributed by atoms with Crippen molar-refractivity contribution in [3.05, 3.63) is 11.6 Å². The van der Waals surface area contributed by atoms with Crippen molar-refractivity contribution < 1.29 is 0 Å². The van der Waals surface area contributed by atoms with Crippen molar-refractivity contribution in [1.82, 2.24) is 0 Å². The van der Waals surface area contributed by atoms with Crippen molar-refractivity contribution in [3.63, 3.8) is 0 Å². The highest BCUT2D eigenvalue weighted by Crippen LogP contribution is 2.16. The van der Waals surface area contributed by atoms with Crippen molar-refractivity contribution in [1.29, 1.82) is 5.26 Å². The van der Waals surface area contributed by atoms with Crippen LogP contribution in [0, 0.1) is 23.2 Å². The second kappa shape index (κ2) is 5.83. The first-order valence-electron chi connectivity index (χ1n) is 4.61. The molecular weight excluding hydrogens is 146 g/mol. The van der Waals surface area contributed by atoms with Crippen molar-refractivity contribution >= 4 is 0 Å². The Kier molecular flexibility index (Phi) is 5.45. The molecule has 0 saturated carbocycles. The van der Waals surface area contributed by atoms with Crippen molar-refractivity contribution in [2.24, 2.45) is 11.8 Å². The maximum atomic E-state index is 8.65. The van der Waals surface area contributed by atoms with E-state index in [0.717, 1.165) is 12.8 Å². The third kappa shape index (κ3) is 4.96. The smallest absolute Gasteiger partial charge is 0.0655 e. The second-order valence-corrected chi connectivity index (χ2v) is 3.75. The monoisotopic (exact) mass is 165 g/mol. The molecule has 0 aromatic heterocycles. The third-order valence-electron chi connectivity index (χ3n) is 2.23. The lowest BCUT2D eigenvalue weighted by Crippen LogP contribution is -2.04. The SMILES string of the molecule is CC(C)=CCCC(C)C(C)C#N. The summed E-state index contributed by atoms with van der Waals surface area (Å²) in [7, 11) is 0. The first-order valence-corrected chi connectivity index (χ1v) is 4.61. The van der Waals surface area contributed by atoms with Crippen LogP contribution in [0.5, 0.6) is 0 Å². The first-order chi connectivity index (χ1) is 5.57. The summed E-state index contributed by atoms with van der Waals surface area (Å²) in [4.78, 5) is 0. The summed E-state index contributed by atoms with van der Waals surface area (Å²) in [6.07, 6.45) is 4.47. The molecule has 0 bridgehead atoms. The molecule has 1 heteroatoms. The molecule has 12 heavy (non-hydrogen) atoms. The van der Waals surface area contributed by atoms with Gasteiger partial charge in [0.15, 0.2) is 0 Å². The van der Waals surface area contributed by atoms with Crippen molar-refractivity contribution in [3.8, 4) is 6.07 Å². The highest BCUT2D eigenvalue weighted by molar-refractivity contribution is 4.93. The topological polar surface area (TPSA) is 23.8 Å². The Morgan fingerprint density at radius 1 is 1.42 bits per heavy atom. The zero-order valence-electron chi connectivity index (χ0n) is 8.59. The molecular formula is C11H19N. The van der Waals surface area contributed by atoms with E-state index >= 15 is 0 Å². The fraction of sp³-hybridized carbons (Fsp3) is 0.727. The van der Waals surface area contributed by atoms with Crippen LogP contribution in [0.3, 0.4) is 0 Å². The van der Waals surface area contributed by atoms with Crippen LogP contribution < -0.4 is 0 Å². The Labute approximate surface area is 76.1 Å². The average Bonchev–Trinajstić information content (AvgIpc) is 2.02. The second-order valence-electron chi connectivity index (χ2n) is 3.75. The van der Waals surface area contributed by atoms with Gasteiger partial charge in [0.1, 0.15) is 0 Å². The minimum atomic E-state index is 0.190. The fourth-order valence-electron chi connectivity index (χ4n) is 1.01. The quantitative estimate of drug-likeness (QED) is 0.585. The summed E-state index contributed by atoms with van der Waals surface area (Å²) in [5.41, 5.74) is 1.37. The zero-order chi connectivity index (χ0) is 9.56. The molecule has 68 valence electrons. The summed E-state index contributed by atoms with van der Waals surface area (Å²) in [6, 6.07) is 2.28. The van der Waals surface area contributed by atoms with Crippen molar-refractivity contribution in [2.75, 3.05) is 0 Å². The molecule has 0 N–H and O–H groups in total. The van der Waals surface area contributed by atoms with Gasteiger partial charge in [-0.15, -0.1) is 0 Å². The predicted molar refractivity (Wildman–Crippen MR) is 52.6 cm³/mol. The van der Waals surface area contributed by atoms with Crippen LogP contribution in [0.4, 0.5) is 0 Å². The maximum Gasteiger partial charge on any atom is 0.0655 e. The van der Waals surface area contributed by atoms with Gasteiger partial charge in [-0.1, -0.05) is 18.6 Å². The molecule has 1 nitrogen and oxygen atoms in total. The van der Waals surface area contributed by atoms with E-state index in [1.807, 2.05) is 6.92 Å². The maximum absolute atomic E-state index is 8.65. The largest absolute Gasteiger partial charge is 0.198 e. The van der Waals surface area contributed by atoms with Gasteiger partial charge >= 0.3 is 0 Å². The standard InChI is InChI=1S/C11H19N/c1-9(2)6-5-7-10(3)11(4)8-12/h6,10-11H,5,7H2,1-4H3. The molecule has 0 aliphatic rings. The van der Waals surface area contributed by atoms with Gasteiger partial charge in [-0.2, -0.15) is 5.26 Å². The number of rotatable bonds is 4. The minimum Gasteiger partial charge on any atom is -0.198 e. The van der Waals surface area contributed by atoms with E-state index in [2.05, 4.69) is 32.9 Å². The van der Waals surface area contributed by atoms with Gasteiger partial charge in [0.25, 0.3) is 0 Å². The lowest BCUT2D eigenvalue weighted by molar-refractivity contribution is 0.439. The Morgan fingerprint density at radius 3 is 2.42 bits per heavy atom. The van der Waals surface area contributed by atoms with Crippen LogP contribution in [0.1, 0.15) is 40.5 Å². The molecule has 0 radical (unpaired) electrons. The molecule has 0 fully saturated rings. The molecule has 0 aromatic carbocycles. The number of hydrogen-bond donors (Lipinski definition) is 0. The molecule has 0 aliphatic carbocycles. The van der Waals surface area contributed by atoms with Gasteiger partial charge in [-0.05, 0) is 39.5 Å². The van der Waals surface area contributed by atoms with Crippen LogP contribution in [0.15, 0.2) is 11.6 Å². The Hall–Kier alpha value is -0.770. The van der Waals surface area contributed by atoms with E-state index in [-0.39, 0.29) is 5.92 Å². The molecule has 0 aromatic rings. The molecule has 0 saturated heterocycles. The van der Waals surface area contributed by atoms with Gasteiger partial charge in [-0.25, -0.2) is 0 Å². The molecule has 0 rings (SSSR count). The van der Waals surface area contributed by atoms with E-state index in [1.165, 1.54) is 5.57 Å². The van der Waals surface area contributed by atoms with Crippen LogP contribution in [-0.2, 0) is 0 Å². The van der Waals surface area contributed by atoms with Crippen molar-refractivity contribution in [2.45, 2.75) is 40.5 Å². The van der Waals surface area contributed by atoms with E-state index in [9.17, 15) is 0 Å². The van der Waals surface area contributed by atoms with E-state index in [1.54, 1.807) is 0 Å². The van der Waals surface area contributed by atoms with Crippen LogP contribution in [-0.4, -0.2) is 0 Å². The van der Waals surface area contributed by atoms with Gasteiger partial charge in [0, 0.05) is 5.92 Å². The average molecular weight is 165 g/mol. The van der Waals surface area contributed by atoms with Gasteiger partial charge in [0.2, 0.25) is 0 Å². The van der Waals surface area contributed by atoms with Gasteiger partial charge < -0.3 is 0 Å². The predicted octanol–water partition coefficient (Wildman–Crippen LogP) is 3.53. The molecule has 0 spiro atoms. The van der Waals surface area contributed by atoms with Crippen LogP contribution in [0.2, 0.25) is 0 Å². The molecule has 2 unspecified atom stereocenters. The van der Waals surface area contributed by atoms with E-state index in [4.69, 9.17) is 5.26 Å². The minimum absolute atomic E-state index is 0.190. The summed E-state index contributed by atoms with van der Waals surface area (Å²) >= 11 is 0. The third-order valence-corrected chi connectivity index (χ3v) is 2.23. The van der Waals surface area contributed by atoms with E-state index < -0.39 is 0 Å². The highest BCUT2D eigenvalue weighted by Gasteiger charge is 2.09. The summed E-state index contributed by atoms with van der Waals surface area (Å²) in [5, 5.41) is 8.65. The van der Waals surface area contributed by atoms with Gasteiger partial charge in [-0.3, -0.25) is 0 Å². The Balaban J connectivity index is 3.66. The normalized spacial score (nSPS) is 14.6.